The second-order valence-corrected chi connectivity index (χ2v) is 6.60. The van der Waals surface area contributed by atoms with Crippen LogP contribution in [0.15, 0.2) is 53.4 Å². The van der Waals surface area contributed by atoms with E-state index in [1.165, 1.54) is 0 Å². The van der Waals surface area contributed by atoms with Gasteiger partial charge in [0.05, 0.1) is 17.9 Å². The number of thioether (sulfide) groups is 1. The van der Waals surface area contributed by atoms with Crippen LogP contribution >= 0.6 is 11.8 Å². The first-order valence-electron chi connectivity index (χ1n) is 8.05. The van der Waals surface area contributed by atoms with E-state index in [0.717, 1.165) is 29.3 Å². The number of hydrogen-bond acceptors (Lipinski definition) is 4. The zero-order valence-electron chi connectivity index (χ0n) is 13.7. The number of anilines is 1. The maximum absolute atomic E-state index is 13.2. The molecule has 0 saturated heterocycles. The molecule has 2 aromatic rings. The summed E-state index contributed by atoms with van der Waals surface area (Å²) in [5.74, 6) is 1.61. The molecule has 0 aliphatic carbocycles. The van der Waals surface area contributed by atoms with Gasteiger partial charge in [-0.3, -0.25) is 4.79 Å². The predicted octanol–water partition coefficient (Wildman–Crippen LogP) is 3.85. The number of benzene rings is 2. The molecule has 5 heteroatoms. The van der Waals surface area contributed by atoms with Gasteiger partial charge in [0.2, 0.25) is 0 Å². The van der Waals surface area contributed by atoms with E-state index in [4.69, 9.17) is 9.47 Å². The van der Waals surface area contributed by atoms with Crippen molar-refractivity contribution in [3.8, 4) is 5.75 Å². The second-order valence-electron chi connectivity index (χ2n) is 5.46. The van der Waals surface area contributed by atoms with Crippen LogP contribution in [0.3, 0.4) is 0 Å². The molecule has 0 fully saturated rings. The van der Waals surface area contributed by atoms with Crippen LogP contribution in [0.2, 0.25) is 0 Å². The number of fused-ring (bicyclic) bond motifs is 1. The molecule has 4 nitrogen and oxygen atoms in total. The van der Waals surface area contributed by atoms with Crippen LogP contribution < -0.4 is 9.64 Å². The third kappa shape index (κ3) is 3.74. The van der Waals surface area contributed by atoms with Gasteiger partial charge in [0.15, 0.2) is 0 Å². The SMILES string of the molecule is COCCOc1ccccc1C(=O)N1CCCSc2ccccc21. The van der Waals surface area contributed by atoms with Crippen molar-refractivity contribution in [3.63, 3.8) is 0 Å². The van der Waals surface area contributed by atoms with Crippen LogP contribution in [-0.2, 0) is 4.74 Å². The number of nitrogens with zero attached hydrogens (tertiary/aromatic N) is 1. The molecular weight excluding hydrogens is 322 g/mol. The molecule has 0 N–H and O–H groups in total. The van der Waals surface area contributed by atoms with Gasteiger partial charge in [0.25, 0.3) is 5.91 Å². The van der Waals surface area contributed by atoms with Crippen molar-refractivity contribution >= 4 is 23.4 Å². The number of carbonyl (C=O) groups is 1. The largest absolute Gasteiger partial charge is 0.490 e. The minimum atomic E-state index is -0.0158. The molecule has 1 aliphatic heterocycles. The number of rotatable bonds is 5. The van der Waals surface area contributed by atoms with Crippen LogP contribution in [0.5, 0.6) is 5.75 Å². The lowest BCUT2D eigenvalue weighted by molar-refractivity contribution is 0.0979. The third-order valence-corrected chi connectivity index (χ3v) is 5.00. The van der Waals surface area contributed by atoms with Crippen molar-refractivity contribution in [3.05, 3.63) is 54.1 Å². The van der Waals surface area contributed by atoms with Gasteiger partial charge >= 0.3 is 0 Å². The average molecular weight is 343 g/mol. The summed E-state index contributed by atoms with van der Waals surface area (Å²) < 4.78 is 10.8. The van der Waals surface area contributed by atoms with Gasteiger partial charge in [-0.25, -0.2) is 0 Å². The summed E-state index contributed by atoms with van der Waals surface area (Å²) in [5.41, 5.74) is 1.58. The summed E-state index contributed by atoms with van der Waals surface area (Å²) in [4.78, 5) is 16.2. The number of methoxy groups -OCH3 is 1. The zero-order chi connectivity index (χ0) is 16.8. The molecule has 0 spiro atoms. The molecule has 1 amide bonds. The molecule has 0 aromatic heterocycles. The van der Waals surface area contributed by atoms with E-state index in [0.29, 0.717) is 24.5 Å². The lowest BCUT2D eigenvalue weighted by Gasteiger charge is -2.23. The fourth-order valence-electron chi connectivity index (χ4n) is 2.69. The highest BCUT2D eigenvalue weighted by Gasteiger charge is 2.24. The highest BCUT2D eigenvalue weighted by molar-refractivity contribution is 7.99. The van der Waals surface area contributed by atoms with E-state index < -0.39 is 0 Å². The molecule has 0 bridgehead atoms. The van der Waals surface area contributed by atoms with Gasteiger partial charge in [-0.05, 0) is 36.4 Å². The molecule has 1 heterocycles. The van der Waals surface area contributed by atoms with Gasteiger partial charge in [-0.15, -0.1) is 11.8 Å². The lowest BCUT2D eigenvalue weighted by atomic mass is 10.1. The van der Waals surface area contributed by atoms with Crippen LogP contribution in [0.25, 0.3) is 0 Å². The summed E-state index contributed by atoms with van der Waals surface area (Å²) in [5, 5.41) is 0. The number of ether oxygens (including phenoxy) is 2. The Morgan fingerprint density at radius 2 is 1.92 bits per heavy atom. The first-order chi connectivity index (χ1) is 11.8. The summed E-state index contributed by atoms with van der Waals surface area (Å²) >= 11 is 1.81. The fraction of sp³-hybridized carbons (Fsp3) is 0.316. The molecule has 126 valence electrons. The Labute approximate surface area is 146 Å². The summed E-state index contributed by atoms with van der Waals surface area (Å²) in [7, 11) is 1.63. The predicted molar refractivity (Wildman–Crippen MR) is 97.3 cm³/mol. The van der Waals surface area contributed by atoms with Crippen molar-refractivity contribution in [1.82, 2.24) is 0 Å². The molecule has 3 rings (SSSR count). The third-order valence-electron chi connectivity index (χ3n) is 3.85. The smallest absolute Gasteiger partial charge is 0.262 e. The summed E-state index contributed by atoms with van der Waals surface area (Å²) in [6.45, 7) is 1.63. The lowest BCUT2D eigenvalue weighted by Crippen LogP contribution is -2.32. The summed E-state index contributed by atoms with van der Waals surface area (Å²) in [6, 6.07) is 15.5. The van der Waals surface area contributed by atoms with Crippen molar-refractivity contribution in [2.24, 2.45) is 0 Å². The summed E-state index contributed by atoms with van der Waals surface area (Å²) in [6.07, 6.45) is 0.970. The molecule has 0 unspecified atom stereocenters. The van der Waals surface area contributed by atoms with Crippen molar-refractivity contribution in [2.75, 3.05) is 37.5 Å². The van der Waals surface area contributed by atoms with Crippen molar-refractivity contribution < 1.29 is 14.3 Å². The molecule has 24 heavy (non-hydrogen) atoms. The van der Waals surface area contributed by atoms with Gasteiger partial charge in [-0.1, -0.05) is 24.3 Å². The fourth-order valence-corrected chi connectivity index (χ4v) is 3.68. The first kappa shape index (κ1) is 16.9. The van der Waals surface area contributed by atoms with E-state index in [2.05, 4.69) is 6.07 Å². The Morgan fingerprint density at radius 1 is 1.12 bits per heavy atom. The van der Waals surface area contributed by atoms with Crippen LogP contribution in [0.1, 0.15) is 16.8 Å². The maximum Gasteiger partial charge on any atom is 0.262 e. The number of carbonyl (C=O) groups excluding carboxylic acids is 1. The Balaban J connectivity index is 1.89. The van der Waals surface area contributed by atoms with E-state index in [1.54, 1.807) is 18.9 Å². The second kappa shape index (κ2) is 8.22. The number of amides is 1. The molecule has 0 atom stereocenters. The van der Waals surface area contributed by atoms with E-state index >= 15 is 0 Å². The standard InChI is InChI=1S/C19H21NO3S/c1-22-12-13-23-17-9-4-2-7-15(17)19(21)20-11-6-14-24-18-10-5-3-8-16(18)20/h2-5,7-10H,6,11-14H2,1H3. The number of hydrogen-bond donors (Lipinski definition) is 0. The monoisotopic (exact) mass is 343 g/mol. The van der Waals surface area contributed by atoms with Crippen molar-refractivity contribution in [1.29, 1.82) is 0 Å². The topological polar surface area (TPSA) is 38.8 Å². The quantitative estimate of drug-likeness (QED) is 0.773. The molecule has 2 aromatic carbocycles. The highest BCUT2D eigenvalue weighted by Crippen LogP contribution is 2.35. The minimum Gasteiger partial charge on any atom is -0.490 e. The Kier molecular flexibility index (Phi) is 5.77. The normalized spacial score (nSPS) is 14.0. The Hall–Kier alpha value is -1.98. The van der Waals surface area contributed by atoms with Crippen LogP contribution in [0.4, 0.5) is 5.69 Å². The zero-order valence-corrected chi connectivity index (χ0v) is 14.6. The maximum atomic E-state index is 13.2. The number of para-hydroxylation sites is 2. The van der Waals surface area contributed by atoms with Gasteiger partial charge in [0.1, 0.15) is 12.4 Å². The van der Waals surface area contributed by atoms with Gasteiger partial charge < -0.3 is 14.4 Å². The molecule has 1 aliphatic rings. The van der Waals surface area contributed by atoms with Crippen LogP contribution in [-0.4, -0.2) is 38.5 Å². The van der Waals surface area contributed by atoms with E-state index in [-0.39, 0.29) is 5.91 Å². The Bertz CT molecular complexity index is 705. The average Bonchev–Trinajstić information content (AvgIpc) is 2.84. The Morgan fingerprint density at radius 3 is 2.79 bits per heavy atom. The molecular formula is C19H21NO3S. The van der Waals surface area contributed by atoms with Gasteiger partial charge in [-0.2, -0.15) is 0 Å². The van der Waals surface area contributed by atoms with Crippen LogP contribution in [0, 0.1) is 0 Å². The van der Waals surface area contributed by atoms with Gasteiger partial charge in [0, 0.05) is 18.6 Å². The first-order valence-corrected chi connectivity index (χ1v) is 9.04. The molecule has 0 saturated carbocycles. The van der Waals surface area contributed by atoms with E-state index in [1.807, 2.05) is 47.4 Å². The van der Waals surface area contributed by atoms with Crippen molar-refractivity contribution in [2.45, 2.75) is 11.3 Å². The minimum absolute atomic E-state index is 0.0158. The molecule has 0 radical (unpaired) electrons. The highest BCUT2D eigenvalue weighted by atomic mass is 32.2. The van der Waals surface area contributed by atoms with E-state index in [9.17, 15) is 4.79 Å².